The summed E-state index contributed by atoms with van der Waals surface area (Å²) in [6.07, 6.45) is 1.53. The Morgan fingerprint density at radius 1 is 0.905 bits per heavy atom. The van der Waals surface area contributed by atoms with Crippen molar-refractivity contribution in [1.29, 1.82) is 0 Å². The molecule has 0 aliphatic heterocycles. The number of hydrogen-bond donors (Lipinski definition) is 1. The van der Waals surface area contributed by atoms with E-state index in [-0.39, 0.29) is 23.1 Å². The Hall–Kier alpha value is -4.92. The third kappa shape index (κ3) is 7.63. The number of nitrogens with zero attached hydrogens (tertiary/aromatic N) is 1. The standard InChI is InChI=1S/C33H34N2O7/c1-21(35-32(37)30-31(41-20-40-23(3)36)29(39-4)16-17-34-30)33(38)42-22(2)28(26-11-6-5-7-12-26)19-24-14-15-25-10-8-9-13-27(25)18-24/h5-18,21-22,28H,19-20H2,1-4H3,(H,35,37)/t21-,22-,28-/m0/s1. The van der Waals surface area contributed by atoms with Gasteiger partial charge in [0.15, 0.2) is 17.2 Å². The molecule has 3 aromatic carbocycles. The average Bonchev–Trinajstić information content (AvgIpc) is 2.99. The third-order valence-electron chi connectivity index (χ3n) is 6.84. The maximum atomic E-state index is 13.2. The highest BCUT2D eigenvalue weighted by molar-refractivity contribution is 5.98. The van der Waals surface area contributed by atoms with Crippen molar-refractivity contribution < 1.29 is 33.3 Å². The molecule has 0 fully saturated rings. The highest BCUT2D eigenvalue weighted by Gasteiger charge is 2.28. The van der Waals surface area contributed by atoms with Crippen molar-refractivity contribution in [1.82, 2.24) is 10.3 Å². The van der Waals surface area contributed by atoms with E-state index in [1.165, 1.54) is 33.2 Å². The number of ether oxygens (including phenoxy) is 4. The molecule has 1 amide bonds. The van der Waals surface area contributed by atoms with Gasteiger partial charge in [-0.05, 0) is 42.2 Å². The molecule has 1 heterocycles. The SMILES string of the molecule is COc1ccnc(C(=O)N[C@@H](C)C(=O)O[C@@H](C)[C@H](Cc2ccc3ccccc3c2)c2ccccc2)c1OCOC(C)=O. The van der Waals surface area contributed by atoms with Gasteiger partial charge in [0, 0.05) is 25.1 Å². The van der Waals surface area contributed by atoms with Crippen LogP contribution in [0, 0.1) is 0 Å². The fraction of sp³-hybridized carbons (Fsp3) is 0.273. The van der Waals surface area contributed by atoms with E-state index in [1.807, 2.05) is 49.4 Å². The number of hydrogen-bond acceptors (Lipinski definition) is 8. The second-order valence-electron chi connectivity index (χ2n) is 9.83. The second-order valence-corrected chi connectivity index (χ2v) is 9.83. The van der Waals surface area contributed by atoms with E-state index < -0.39 is 36.8 Å². The smallest absolute Gasteiger partial charge is 0.328 e. The van der Waals surface area contributed by atoms with Crippen molar-refractivity contribution in [2.24, 2.45) is 0 Å². The molecule has 4 aromatic rings. The maximum absolute atomic E-state index is 13.2. The minimum absolute atomic E-state index is 0.0211. The largest absolute Gasteiger partial charge is 0.493 e. The monoisotopic (exact) mass is 570 g/mol. The van der Waals surface area contributed by atoms with Crippen LogP contribution in [0.3, 0.4) is 0 Å². The lowest BCUT2D eigenvalue weighted by Crippen LogP contribution is -2.41. The summed E-state index contributed by atoms with van der Waals surface area (Å²) in [4.78, 5) is 41.5. The maximum Gasteiger partial charge on any atom is 0.328 e. The number of aromatic nitrogens is 1. The first-order valence-corrected chi connectivity index (χ1v) is 13.6. The lowest BCUT2D eigenvalue weighted by molar-refractivity contribution is -0.151. The van der Waals surface area contributed by atoms with E-state index >= 15 is 0 Å². The number of fused-ring (bicyclic) bond motifs is 1. The van der Waals surface area contributed by atoms with Gasteiger partial charge in [-0.3, -0.25) is 9.59 Å². The molecule has 0 bridgehead atoms. The van der Waals surface area contributed by atoms with Gasteiger partial charge in [0.1, 0.15) is 12.1 Å². The van der Waals surface area contributed by atoms with Crippen LogP contribution < -0.4 is 14.8 Å². The van der Waals surface area contributed by atoms with Gasteiger partial charge in [-0.25, -0.2) is 9.78 Å². The van der Waals surface area contributed by atoms with E-state index in [9.17, 15) is 14.4 Å². The molecule has 0 aliphatic rings. The van der Waals surface area contributed by atoms with E-state index in [0.717, 1.165) is 21.9 Å². The quantitative estimate of drug-likeness (QED) is 0.182. The van der Waals surface area contributed by atoms with Gasteiger partial charge >= 0.3 is 11.9 Å². The Balaban J connectivity index is 1.47. The Labute approximate surface area is 244 Å². The van der Waals surface area contributed by atoms with Crippen molar-refractivity contribution >= 4 is 28.6 Å². The molecule has 9 nitrogen and oxygen atoms in total. The van der Waals surface area contributed by atoms with Crippen LogP contribution in [-0.2, 0) is 25.5 Å². The van der Waals surface area contributed by atoms with Gasteiger partial charge in [0.05, 0.1) is 7.11 Å². The van der Waals surface area contributed by atoms with Crippen molar-refractivity contribution in [3.8, 4) is 11.5 Å². The molecule has 0 radical (unpaired) electrons. The lowest BCUT2D eigenvalue weighted by Gasteiger charge is -2.26. The first-order chi connectivity index (χ1) is 20.3. The van der Waals surface area contributed by atoms with E-state index in [2.05, 4.69) is 40.6 Å². The molecule has 0 spiro atoms. The van der Waals surface area contributed by atoms with Crippen LogP contribution in [-0.4, -0.2) is 48.9 Å². The Bertz CT molecular complexity index is 1540. The molecule has 0 saturated carbocycles. The number of carbonyl (C=O) groups excluding carboxylic acids is 3. The van der Waals surface area contributed by atoms with Crippen LogP contribution in [0.4, 0.5) is 0 Å². The molecule has 218 valence electrons. The Morgan fingerprint density at radius 3 is 2.33 bits per heavy atom. The molecule has 3 atom stereocenters. The predicted octanol–water partition coefficient (Wildman–Crippen LogP) is 5.22. The molecule has 9 heteroatoms. The van der Waals surface area contributed by atoms with Crippen LogP contribution >= 0.6 is 0 Å². The zero-order valence-corrected chi connectivity index (χ0v) is 24.0. The topological polar surface area (TPSA) is 113 Å². The van der Waals surface area contributed by atoms with Gasteiger partial charge in [-0.15, -0.1) is 0 Å². The molecule has 0 aliphatic carbocycles. The van der Waals surface area contributed by atoms with Gasteiger partial charge in [0.25, 0.3) is 5.91 Å². The summed E-state index contributed by atoms with van der Waals surface area (Å²) < 4.78 is 21.4. The number of esters is 2. The van der Waals surface area contributed by atoms with Gasteiger partial charge in [-0.1, -0.05) is 72.8 Å². The molecule has 1 aromatic heterocycles. The summed E-state index contributed by atoms with van der Waals surface area (Å²) in [5.74, 6) is -1.76. The normalized spacial score (nSPS) is 13.0. The number of pyridine rings is 1. The number of benzene rings is 3. The summed E-state index contributed by atoms with van der Waals surface area (Å²) >= 11 is 0. The van der Waals surface area contributed by atoms with Gasteiger partial charge in [0.2, 0.25) is 6.79 Å². The molecule has 4 rings (SSSR count). The average molecular weight is 571 g/mol. The zero-order chi connectivity index (χ0) is 30.1. The predicted molar refractivity (Wildman–Crippen MR) is 157 cm³/mol. The molecular formula is C33H34N2O7. The van der Waals surface area contributed by atoms with Gasteiger partial charge < -0.3 is 24.3 Å². The number of amides is 1. The number of rotatable bonds is 12. The van der Waals surface area contributed by atoms with Crippen LogP contribution in [0.1, 0.15) is 48.3 Å². The second kappa shape index (κ2) is 14.1. The van der Waals surface area contributed by atoms with Crippen molar-refractivity contribution in [3.05, 3.63) is 102 Å². The molecule has 42 heavy (non-hydrogen) atoms. The molecule has 1 N–H and O–H groups in total. The number of methoxy groups -OCH3 is 1. The fourth-order valence-electron chi connectivity index (χ4n) is 4.63. The van der Waals surface area contributed by atoms with E-state index in [4.69, 9.17) is 18.9 Å². The summed E-state index contributed by atoms with van der Waals surface area (Å²) in [7, 11) is 1.40. The van der Waals surface area contributed by atoms with Crippen LogP contribution in [0.2, 0.25) is 0 Å². The summed E-state index contributed by atoms with van der Waals surface area (Å²) in [6, 6.07) is 24.9. The van der Waals surface area contributed by atoms with Crippen LogP contribution in [0.25, 0.3) is 10.8 Å². The van der Waals surface area contributed by atoms with Crippen molar-refractivity contribution in [3.63, 3.8) is 0 Å². The highest BCUT2D eigenvalue weighted by Crippen LogP contribution is 2.30. The van der Waals surface area contributed by atoms with Gasteiger partial charge in [-0.2, -0.15) is 0 Å². The van der Waals surface area contributed by atoms with E-state index in [1.54, 1.807) is 0 Å². The Kier molecular flexibility index (Phi) is 10.1. The number of carbonyl (C=O) groups is 3. The highest BCUT2D eigenvalue weighted by atomic mass is 16.7. The number of nitrogens with one attached hydrogen (secondary N) is 1. The van der Waals surface area contributed by atoms with E-state index in [0.29, 0.717) is 6.42 Å². The minimum Gasteiger partial charge on any atom is -0.493 e. The first-order valence-electron chi connectivity index (χ1n) is 13.6. The molecule has 0 saturated heterocycles. The Morgan fingerprint density at radius 2 is 1.62 bits per heavy atom. The fourth-order valence-corrected chi connectivity index (χ4v) is 4.63. The molecule has 0 unspecified atom stereocenters. The lowest BCUT2D eigenvalue weighted by atomic mass is 9.87. The van der Waals surface area contributed by atoms with Crippen LogP contribution in [0.5, 0.6) is 11.5 Å². The summed E-state index contributed by atoms with van der Waals surface area (Å²) in [5, 5.41) is 4.92. The zero-order valence-electron chi connectivity index (χ0n) is 24.0. The van der Waals surface area contributed by atoms with Crippen LogP contribution in [0.15, 0.2) is 85.1 Å². The third-order valence-corrected chi connectivity index (χ3v) is 6.84. The first kappa shape index (κ1) is 30.0. The summed E-state index contributed by atoms with van der Waals surface area (Å²) in [6.45, 7) is 4.18. The molecular weight excluding hydrogens is 536 g/mol. The van der Waals surface area contributed by atoms with Crippen molar-refractivity contribution in [2.45, 2.75) is 45.3 Å². The van der Waals surface area contributed by atoms with Crippen molar-refractivity contribution in [2.75, 3.05) is 13.9 Å². The minimum atomic E-state index is -0.994. The summed E-state index contributed by atoms with van der Waals surface area (Å²) in [5.41, 5.74) is 2.03.